The number of hydrogen-bond acceptors (Lipinski definition) is 5. The topological polar surface area (TPSA) is 119 Å². The molecule has 0 aliphatic carbocycles. The molecule has 9 heteroatoms. The second-order valence-corrected chi connectivity index (χ2v) is 6.36. The molecule has 0 saturated carbocycles. The van der Waals surface area contributed by atoms with E-state index in [9.17, 15) is 19.7 Å². The van der Waals surface area contributed by atoms with Crippen LogP contribution in [0.2, 0.25) is 0 Å². The second kappa shape index (κ2) is 7.84. The number of nitrogens with one attached hydrogen (secondary N) is 2. The van der Waals surface area contributed by atoms with Crippen molar-refractivity contribution in [1.29, 1.82) is 0 Å². The first-order chi connectivity index (χ1) is 14.5. The van der Waals surface area contributed by atoms with E-state index in [4.69, 9.17) is 0 Å². The van der Waals surface area contributed by atoms with Crippen molar-refractivity contribution >= 4 is 28.5 Å². The minimum Gasteiger partial charge on any atom is -0.299 e. The number of imidazole rings is 1. The van der Waals surface area contributed by atoms with Gasteiger partial charge in [-0.25, -0.2) is 4.98 Å². The van der Waals surface area contributed by atoms with E-state index < -0.39 is 16.7 Å². The average Bonchev–Trinajstić information content (AvgIpc) is 3.21. The van der Waals surface area contributed by atoms with Crippen LogP contribution in [0, 0.1) is 10.1 Å². The number of non-ortho nitro benzene ring substituents is 1. The van der Waals surface area contributed by atoms with E-state index in [0.717, 1.165) is 16.7 Å². The molecule has 148 valence electrons. The number of hydrogen-bond donors (Lipinski definition) is 2. The van der Waals surface area contributed by atoms with E-state index in [1.54, 1.807) is 30.6 Å². The molecule has 4 rings (SSSR count). The van der Waals surface area contributed by atoms with Crippen LogP contribution < -0.4 is 10.9 Å². The van der Waals surface area contributed by atoms with Crippen LogP contribution in [0.3, 0.4) is 0 Å². The predicted octanol–water partition coefficient (Wildman–Crippen LogP) is 3.01. The van der Waals surface area contributed by atoms with Gasteiger partial charge in [-0.3, -0.25) is 35.1 Å². The lowest BCUT2D eigenvalue weighted by molar-refractivity contribution is -0.384. The maximum absolute atomic E-state index is 12.3. The van der Waals surface area contributed by atoms with Crippen molar-refractivity contribution in [3.63, 3.8) is 0 Å². The van der Waals surface area contributed by atoms with Crippen LogP contribution in [0.25, 0.3) is 16.7 Å². The quantitative estimate of drug-likeness (QED) is 0.402. The van der Waals surface area contributed by atoms with Gasteiger partial charge in [0.2, 0.25) is 0 Å². The fourth-order valence-electron chi connectivity index (χ4n) is 2.93. The third kappa shape index (κ3) is 3.72. The number of nitro benzene ring substituents is 1. The summed E-state index contributed by atoms with van der Waals surface area (Å²) >= 11 is 0. The van der Waals surface area contributed by atoms with Gasteiger partial charge in [0.05, 0.1) is 16.0 Å². The summed E-state index contributed by atoms with van der Waals surface area (Å²) in [5.41, 5.74) is 7.69. The number of fused-ring (bicyclic) bond motifs is 1. The molecule has 9 nitrogen and oxygen atoms in total. The van der Waals surface area contributed by atoms with Crippen molar-refractivity contribution in [2.24, 2.45) is 0 Å². The molecular formula is C21H15N5O4. The molecule has 1 heterocycles. The van der Waals surface area contributed by atoms with Gasteiger partial charge >= 0.3 is 0 Å². The number of amides is 2. The molecule has 0 aliphatic heterocycles. The third-order valence-electron chi connectivity index (χ3n) is 4.49. The van der Waals surface area contributed by atoms with Crippen LogP contribution in [0.5, 0.6) is 0 Å². The third-order valence-corrected chi connectivity index (χ3v) is 4.49. The number of para-hydroxylation sites is 2. The molecule has 0 atom stereocenters. The average molecular weight is 401 g/mol. The number of aromatic nitrogens is 2. The number of nitro groups is 1. The van der Waals surface area contributed by atoms with Crippen LogP contribution in [-0.4, -0.2) is 26.3 Å². The molecule has 0 unspecified atom stereocenters. The maximum Gasteiger partial charge on any atom is 0.269 e. The normalized spacial score (nSPS) is 10.5. The van der Waals surface area contributed by atoms with Gasteiger partial charge in [-0.2, -0.15) is 0 Å². The molecule has 0 aliphatic rings. The van der Waals surface area contributed by atoms with E-state index in [1.165, 1.54) is 24.3 Å². The summed E-state index contributed by atoms with van der Waals surface area (Å²) in [6, 6.07) is 19.6. The first-order valence-electron chi connectivity index (χ1n) is 8.90. The molecule has 4 aromatic rings. The van der Waals surface area contributed by atoms with Crippen molar-refractivity contribution in [2.75, 3.05) is 0 Å². The van der Waals surface area contributed by atoms with E-state index in [0.29, 0.717) is 5.56 Å². The smallest absolute Gasteiger partial charge is 0.269 e. The Balaban J connectivity index is 1.41. The number of nitrogens with zero attached hydrogens (tertiary/aromatic N) is 3. The number of carbonyl (C=O) groups is 2. The minimum atomic E-state index is -0.584. The molecule has 0 radical (unpaired) electrons. The molecule has 0 spiro atoms. The van der Waals surface area contributed by atoms with Gasteiger partial charge in [0, 0.05) is 28.9 Å². The second-order valence-electron chi connectivity index (χ2n) is 6.36. The van der Waals surface area contributed by atoms with Crippen LogP contribution in [0.1, 0.15) is 20.7 Å². The summed E-state index contributed by atoms with van der Waals surface area (Å²) in [6.45, 7) is 0. The highest BCUT2D eigenvalue weighted by Crippen LogP contribution is 2.18. The minimum absolute atomic E-state index is 0.124. The molecule has 0 saturated heterocycles. The van der Waals surface area contributed by atoms with Crippen molar-refractivity contribution in [3.8, 4) is 5.69 Å². The van der Waals surface area contributed by atoms with Crippen molar-refractivity contribution < 1.29 is 14.5 Å². The van der Waals surface area contributed by atoms with E-state index in [2.05, 4.69) is 15.8 Å². The van der Waals surface area contributed by atoms with Gasteiger partial charge in [-0.15, -0.1) is 0 Å². The van der Waals surface area contributed by atoms with Crippen LogP contribution in [-0.2, 0) is 0 Å². The Bertz CT molecular complexity index is 1250. The molecule has 2 N–H and O–H groups in total. The van der Waals surface area contributed by atoms with E-state index >= 15 is 0 Å². The summed E-state index contributed by atoms with van der Waals surface area (Å²) in [6.07, 6.45) is 1.71. The van der Waals surface area contributed by atoms with Gasteiger partial charge in [0.15, 0.2) is 0 Å². The van der Waals surface area contributed by atoms with Crippen molar-refractivity contribution in [2.45, 2.75) is 0 Å². The van der Waals surface area contributed by atoms with E-state index in [1.807, 2.05) is 28.8 Å². The standard InChI is InChI=1S/C21H15N5O4/c27-20(23-24-21(28)15-7-11-17(12-8-15)26(29)30)14-5-9-16(10-6-14)25-13-22-18-3-1-2-4-19(18)25/h1-13H,(H,23,27)(H,24,28). The predicted molar refractivity (Wildman–Crippen MR) is 109 cm³/mol. The van der Waals surface area contributed by atoms with Crippen molar-refractivity contribution in [3.05, 3.63) is 100 Å². The molecule has 3 aromatic carbocycles. The lowest BCUT2D eigenvalue weighted by Crippen LogP contribution is -2.41. The number of hydrazine groups is 1. The SMILES string of the molecule is O=C(NNC(=O)c1ccc([N+](=O)[O-])cc1)c1ccc(-n2cnc3ccccc32)cc1. The number of benzene rings is 3. The fraction of sp³-hybridized carbons (Fsp3) is 0. The summed E-state index contributed by atoms with van der Waals surface area (Å²) < 4.78 is 1.91. The first-order valence-corrected chi connectivity index (χ1v) is 8.90. The highest BCUT2D eigenvalue weighted by molar-refractivity contribution is 5.99. The first kappa shape index (κ1) is 18.8. The zero-order valence-corrected chi connectivity index (χ0v) is 15.5. The number of rotatable bonds is 4. The Morgan fingerprint density at radius 1 is 0.833 bits per heavy atom. The Kier molecular flexibility index (Phi) is 4.92. The Hall–Kier alpha value is -4.53. The Labute approximate surface area is 170 Å². The molecular weight excluding hydrogens is 386 g/mol. The van der Waals surface area contributed by atoms with Crippen LogP contribution >= 0.6 is 0 Å². The summed E-state index contributed by atoms with van der Waals surface area (Å²) in [5.74, 6) is -1.08. The maximum atomic E-state index is 12.3. The lowest BCUT2D eigenvalue weighted by atomic mass is 10.2. The van der Waals surface area contributed by atoms with Crippen LogP contribution in [0.4, 0.5) is 5.69 Å². The zero-order valence-electron chi connectivity index (χ0n) is 15.5. The summed E-state index contributed by atoms with van der Waals surface area (Å²) in [5, 5.41) is 10.7. The van der Waals surface area contributed by atoms with Crippen LogP contribution in [0.15, 0.2) is 79.1 Å². The Morgan fingerprint density at radius 2 is 1.40 bits per heavy atom. The molecule has 1 aromatic heterocycles. The highest BCUT2D eigenvalue weighted by Gasteiger charge is 2.12. The summed E-state index contributed by atoms with van der Waals surface area (Å²) in [7, 11) is 0. The largest absolute Gasteiger partial charge is 0.299 e. The fourth-order valence-corrected chi connectivity index (χ4v) is 2.93. The van der Waals surface area contributed by atoms with Gasteiger partial charge in [0.25, 0.3) is 17.5 Å². The molecule has 30 heavy (non-hydrogen) atoms. The van der Waals surface area contributed by atoms with Gasteiger partial charge in [-0.05, 0) is 48.5 Å². The summed E-state index contributed by atoms with van der Waals surface area (Å²) in [4.78, 5) is 38.8. The number of carbonyl (C=O) groups excluding carboxylic acids is 2. The molecule has 0 fully saturated rings. The Morgan fingerprint density at radius 3 is 2.00 bits per heavy atom. The van der Waals surface area contributed by atoms with Gasteiger partial charge < -0.3 is 0 Å². The molecule has 0 bridgehead atoms. The lowest BCUT2D eigenvalue weighted by Gasteiger charge is -2.09. The highest BCUT2D eigenvalue weighted by atomic mass is 16.6. The monoisotopic (exact) mass is 401 g/mol. The molecule has 2 amide bonds. The van der Waals surface area contributed by atoms with Crippen molar-refractivity contribution in [1.82, 2.24) is 20.4 Å². The van der Waals surface area contributed by atoms with Gasteiger partial charge in [0.1, 0.15) is 6.33 Å². The zero-order chi connectivity index (χ0) is 21.1. The van der Waals surface area contributed by atoms with Gasteiger partial charge in [-0.1, -0.05) is 12.1 Å². The van der Waals surface area contributed by atoms with E-state index in [-0.39, 0.29) is 11.3 Å².